The number of fused-ring (bicyclic) bond motifs is 1. The first kappa shape index (κ1) is 23.3. The van der Waals surface area contributed by atoms with E-state index in [0.717, 1.165) is 20.8 Å². The fourth-order valence-electron chi connectivity index (χ4n) is 3.55. The van der Waals surface area contributed by atoms with E-state index >= 15 is 0 Å². The Labute approximate surface area is 198 Å². The van der Waals surface area contributed by atoms with Gasteiger partial charge in [-0.05, 0) is 55.5 Å². The van der Waals surface area contributed by atoms with Crippen molar-refractivity contribution in [2.75, 3.05) is 18.5 Å². The third-order valence-corrected chi connectivity index (χ3v) is 7.32. The largest absolute Gasteiger partial charge is 0.495 e. The van der Waals surface area contributed by atoms with E-state index in [1.54, 1.807) is 37.4 Å². The summed E-state index contributed by atoms with van der Waals surface area (Å²) in [6.45, 7) is 1.77. The van der Waals surface area contributed by atoms with Gasteiger partial charge in [0.1, 0.15) is 11.9 Å². The number of rotatable bonds is 7. The van der Waals surface area contributed by atoms with Crippen LogP contribution in [0.2, 0.25) is 0 Å². The maximum Gasteiger partial charge on any atom is 0.338 e. The van der Waals surface area contributed by atoms with Gasteiger partial charge in [-0.25, -0.2) is 13.2 Å². The van der Waals surface area contributed by atoms with E-state index in [2.05, 4.69) is 4.98 Å². The standard InChI is InChI=1S/C26H24N2O5S/c1-18(21-16-20-8-4-5-9-23(20)27-17-21)33-26(29)19-12-14-22(15-13-19)34(30,31)28(2)24-10-6-7-11-25(24)32-3/h4-18H,1-3H3. The van der Waals surface area contributed by atoms with Gasteiger partial charge in [-0.3, -0.25) is 9.29 Å². The van der Waals surface area contributed by atoms with Crippen molar-refractivity contribution < 1.29 is 22.7 Å². The van der Waals surface area contributed by atoms with Gasteiger partial charge in [0.2, 0.25) is 0 Å². The van der Waals surface area contributed by atoms with Crippen molar-refractivity contribution in [1.82, 2.24) is 4.98 Å². The molecule has 0 spiro atoms. The molecule has 0 bridgehead atoms. The summed E-state index contributed by atoms with van der Waals surface area (Å²) >= 11 is 0. The molecule has 0 saturated carbocycles. The molecule has 0 amide bonds. The molecule has 0 saturated heterocycles. The molecule has 0 aliphatic carbocycles. The molecule has 7 nitrogen and oxygen atoms in total. The minimum Gasteiger partial charge on any atom is -0.495 e. The van der Waals surface area contributed by atoms with Crippen LogP contribution in [0.15, 0.2) is 90.0 Å². The Bertz CT molecular complexity index is 1440. The van der Waals surface area contributed by atoms with Crippen LogP contribution in [0.1, 0.15) is 28.9 Å². The average Bonchev–Trinajstić information content (AvgIpc) is 2.87. The van der Waals surface area contributed by atoms with E-state index in [0.29, 0.717) is 11.4 Å². The quantitative estimate of drug-likeness (QED) is 0.350. The number of hydrogen-bond donors (Lipinski definition) is 0. The van der Waals surface area contributed by atoms with Gasteiger partial charge in [0.25, 0.3) is 10.0 Å². The molecule has 0 radical (unpaired) electrons. The highest BCUT2D eigenvalue weighted by Gasteiger charge is 2.24. The predicted octanol–water partition coefficient (Wildman–Crippen LogP) is 4.99. The monoisotopic (exact) mass is 476 g/mol. The summed E-state index contributed by atoms with van der Waals surface area (Å²) in [5.74, 6) is -0.117. The highest BCUT2D eigenvalue weighted by atomic mass is 32.2. The molecule has 34 heavy (non-hydrogen) atoms. The van der Waals surface area contributed by atoms with E-state index in [-0.39, 0.29) is 10.5 Å². The number of anilines is 1. The summed E-state index contributed by atoms with van der Waals surface area (Å²) in [5, 5.41) is 0.955. The molecular formula is C26H24N2O5S. The van der Waals surface area contributed by atoms with Crippen LogP contribution in [-0.4, -0.2) is 33.5 Å². The molecule has 1 atom stereocenters. The molecular weight excluding hydrogens is 452 g/mol. The number of carbonyl (C=O) groups excluding carboxylic acids is 1. The summed E-state index contributed by atoms with van der Waals surface area (Å²) in [5.41, 5.74) is 2.29. The second-order valence-corrected chi connectivity index (χ2v) is 9.65. The number of benzene rings is 3. The van der Waals surface area contributed by atoms with Crippen molar-refractivity contribution in [2.45, 2.75) is 17.9 Å². The second kappa shape index (κ2) is 9.52. The predicted molar refractivity (Wildman–Crippen MR) is 131 cm³/mol. The molecule has 1 unspecified atom stereocenters. The average molecular weight is 477 g/mol. The van der Waals surface area contributed by atoms with Crippen molar-refractivity contribution in [1.29, 1.82) is 0 Å². The normalized spacial score (nSPS) is 12.2. The van der Waals surface area contributed by atoms with Crippen LogP contribution < -0.4 is 9.04 Å². The summed E-state index contributed by atoms with van der Waals surface area (Å²) < 4.78 is 38.2. The molecule has 8 heteroatoms. The molecule has 0 N–H and O–H groups in total. The van der Waals surface area contributed by atoms with Crippen LogP contribution in [0.4, 0.5) is 5.69 Å². The Hall–Kier alpha value is -3.91. The summed E-state index contributed by atoms with van der Waals surface area (Å²) in [6, 6.07) is 22.1. The zero-order chi connectivity index (χ0) is 24.3. The molecule has 0 fully saturated rings. The first-order valence-electron chi connectivity index (χ1n) is 10.6. The van der Waals surface area contributed by atoms with E-state index < -0.39 is 22.1 Å². The van der Waals surface area contributed by atoms with E-state index in [4.69, 9.17) is 9.47 Å². The summed E-state index contributed by atoms with van der Waals surface area (Å²) in [4.78, 5) is 17.1. The van der Waals surface area contributed by atoms with Gasteiger partial charge in [-0.15, -0.1) is 0 Å². The Morgan fingerprint density at radius 3 is 2.38 bits per heavy atom. The van der Waals surface area contributed by atoms with Crippen LogP contribution in [0.25, 0.3) is 10.9 Å². The number of hydrogen-bond acceptors (Lipinski definition) is 6. The highest BCUT2D eigenvalue weighted by molar-refractivity contribution is 7.92. The minimum absolute atomic E-state index is 0.0456. The molecule has 174 valence electrons. The Morgan fingerprint density at radius 2 is 1.65 bits per heavy atom. The number of ether oxygens (including phenoxy) is 2. The molecule has 3 aromatic carbocycles. The second-order valence-electron chi connectivity index (χ2n) is 7.68. The smallest absolute Gasteiger partial charge is 0.338 e. The van der Waals surface area contributed by atoms with Crippen molar-refractivity contribution >= 4 is 32.6 Å². The third-order valence-electron chi connectivity index (χ3n) is 5.54. The number of methoxy groups -OCH3 is 1. The van der Waals surface area contributed by atoms with Gasteiger partial charge in [0.15, 0.2) is 0 Å². The van der Waals surface area contributed by atoms with Gasteiger partial charge in [-0.1, -0.05) is 30.3 Å². The van der Waals surface area contributed by atoms with Gasteiger partial charge < -0.3 is 9.47 Å². The lowest BCUT2D eigenvalue weighted by molar-refractivity contribution is 0.0337. The van der Waals surface area contributed by atoms with E-state index in [1.807, 2.05) is 30.3 Å². The Balaban J connectivity index is 1.50. The zero-order valence-electron chi connectivity index (χ0n) is 19.0. The molecule has 1 aromatic heterocycles. The number of aromatic nitrogens is 1. The zero-order valence-corrected chi connectivity index (χ0v) is 19.8. The van der Waals surface area contributed by atoms with Crippen molar-refractivity contribution in [3.8, 4) is 5.75 Å². The van der Waals surface area contributed by atoms with Crippen LogP contribution in [0, 0.1) is 0 Å². The molecule has 0 aliphatic heterocycles. The van der Waals surface area contributed by atoms with Crippen LogP contribution >= 0.6 is 0 Å². The van der Waals surface area contributed by atoms with Crippen LogP contribution in [0.3, 0.4) is 0 Å². The fraction of sp³-hybridized carbons (Fsp3) is 0.154. The van der Waals surface area contributed by atoms with Crippen molar-refractivity contribution in [2.24, 2.45) is 0 Å². The topological polar surface area (TPSA) is 85.8 Å². The van der Waals surface area contributed by atoms with Gasteiger partial charge in [0, 0.05) is 24.2 Å². The van der Waals surface area contributed by atoms with E-state index in [1.165, 1.54) is 38.4 Å². The lowest BCUT2D eigenvalue weighted by Gasteiger charge is -2.21. The molecule has 1 heterocycles. The third kappa shape index (κ3) is 4.58. The van der Waals surface area contributed by atoms with E-state index in [9.17, 15) is 13.2 Å². The van der Waals surface area contributed by atoms with Gasteiger partial charge in [0.05, 0.1) is 28.8 Å². The maximum atomic E-state index is 13.1. The number of para-hydroxylation sites is 3. The number of nitrogens with zero attached hydrogens (tertiary/aromatic N) is 2. The van der Waals surface area contributed by atoms with Gasteiger partial charge >= 0.3 is 5.97 Å². The minimum atomic E-state index is -3.86. The van der Waals surface area contributed by atoms with Crippen molar-refractivity contribution in [3.63, 3.8) is 0 Å². The lowest BCUT2D eigenvalue weighted by atomic mass is 10.1. The number of carbonyl (C=O) groups is 1. The number of pyridine rings is 1. The van der Waals surface area contributed by atoms with Crippen LogP contribution in [0.5, 0.6) is 5.75 Å². The summed E-state index contributed by atoms with van der Waals surface area (Å²) in [7, 11) is -0.927. The van der Waals surface area contributed by atoms with Crippen LogP contribution in [-0.2, 0) is 14.8 Å². The Morgan fingerprint density at radius 1 is 0.971 bits per heavy atom. The number of esters is 1. The molecule has 4 aromatic rings. The first-order chi connectivity index (χ1) is 16.3. The van der Waals surface area contributed by atoms with Crippen molar-refractivity contribution in [3.05, 3.63) is 96.2 Å². The Kier molecular flexibility index (Phi) is 6.51. The first-order valence-corrected chi connectivity index (χ1v) is 12.0. The summed E-state index contributed by atoms with van der Waals surface area (Å²) in [6.07, 6.45) is 1.16. The van der Waals surface area contributed by atoms with Gasteiger partial charge in [-0.2, -0.15) is 0 Å². The fourth-order valence-corrected chi connectivity index (χ4v) is 4.75. The molecule has 0 aliphatic rings. The number of sulfonamides is 1. The molecule has 4 rings (SSSR count). The maximum absolute atomic E-state index is 13.1. The highest BCUT2D eigenvalue weighted by Crippen LogP contribution is 2.31. The SMILES string of the molecule is COc1ccccc1N(C)S(=O)(=O)c1ccc(C(=O)OC(C)c2cnc3ccccc3c2)cc1. The lowest BCUT2D eigenvalue weighted by Crippen LogP contribution is -2.27.